The summed E-state index contributed by atoms with van der Waals surface area (Å²) in [4.78, 5) is 12.3. The van der Waals surface area contributed by atoms with Crippen LogP contribution in [0, 0.1) is 13.8 Å². The normalized spacial score (nSPS) is 10.5. The third-order valence-electron chi connectivity index (χ3n) is 4.06. The molecule has 0 aromatic heterocycles. The Bertz CT molecular complexity index is 664. The molecule has 0 aliphatic carbocycles. The molecule has 1 amide bonds. The van der Waals surface area contributed by atoms with Crippen molar-refractivity contribution in [1.29, 1.82) is 0 Å². The molecule has 2 rings (SSSR count). The van der Waals surface area contributed by atoms with E-state index >= 15 is 0 Å². The number of amides is 1. The Morgan fingerprint density at radius 2 is 1.58 bits per heavy atom. The number of aryl methyl sites for hydroxylation is 4. The zero-order chi connectivity index (χ0) is 17.5. The number of rotatable bonds is 7. The first kappa shape index (κ1) is 18.1. The van der Waals surface area contributed by atoms with Crippen molar-refractivity contribution < 1.29 is 9.53 Å². The monoisotopic (exact) mass is 325 g/mol. The number of ether oxygens (including phenoxy) is 1. The second kappa shape index (κ2) is 8.53. The lowest BCUT2D eigenvalue weighted by Crippen LogP contribution is -2.17. The molecule has 0 bridgehead atoms. The quantitative estimate of drug-likeness (QED) is 0.791. The average molecular weight is 325 g/mol. The second-order valence-corrected chi connectivity index (χ2v) is 6.13. The Morgan fingerprint density at radius 3 is 2.12 bits per heavy atom. The highest BCUT2D eigenvalue weighted by atomic mass is 16.5. The van der Waals surface area contributed by atoms with E-state index in [4.69, 9.17) is 4.74 Å². The van der Waals surface area contributed by atoms with Gasteiger partial charge in [-0.3, -0.25) is 4.79 Å². The fourth-order valence-electron chi connectivity index (χ4n) is 2.88. The van der Waals surface area contributed by atoms with Gasteiger partial charge in [0.1, 0.15) is 5.75 Å². The molecule has 0 radical (unpaired) electrons. The topological polar surface area (TPSA) is 38.3 Å². The molecule has 0 unspecified atom stereocenters. The number of hydrogen-bond donors (Lipinski definition) is 1. The summed E-state index contributed by atoms with van der Waals surface area (Å²) in [6.45, 7) is 8.67. The van der Waals surface area contributed by atoms with E-state index in [2.05, 4.69) is 43.4 Å². The van der Waals surface area contributed by atoms with Gasteiger partial charge in [-0.1, -0.05) is 38.1 Å². The molecule has 3 heteroatoms. The summed E-state index contributed by atoms with van der Waals surface area (Å²) in [5.41, 5.74) is 5.66. The van der Waals surface area contributed by atoms with E-state index in [1.54, 1.807) is 0 Å². The molecule has 128 valence electrons. The van der Waals surface area contributed by atoms with E-state index in [0.717, 1.165) is 24.3 Å². The SMILES string of the molecule is CCc1cccc(CC)c1NC(=O)CCOc1cc(C)cc(C)c1. The fraction of sp³-hybridized carbons (Fsp3) is 0.381. The van der Waals surface area contributed by atoms with Crippen LogP contribution in [-0.4, -0.2) is 12.5 Å². The maximum Gasteiger partial charge on any atom is 0.227 e. The lowest BCUT2D eigenvalue weighted by molar-refractivity contribution is -0.116. The van der Waals surface area contributed by atoms with Crippen molar-refractivity contribution in [1.82, 2.24) is 0 Å². The van der Waals surface area contributed by atoms with Crippen LogP contribution in [0.15, 0.2) is 36.4 Å². The number of carbonyl (C=O) groups excluding carboxylic acids is 1. The zero-order valence-electron chi connectivity index (χ0n) is 15.1. The van der Waals surface area contributed by atoms with Gasteiger partial charge in [0, 0.05) is 5.69 Å². The number of hydrogen-bond acceptors (Lipinski definition) is 2. The summed E-state index contributed by atoms with van der Waals surface area (Å²) in [7, 11) is 0. The minimum atomic E-state index is -0.00465. The number of anilines is 1. The summed E-state index contributed by atoms with van der Waals surface area (Å²) in [6, 6.07) is 12.3. The zero-order valence-corrected chi connectivity index (χ0v) is 15.1. The molecule has 0 atom stereocenters. The van der Waals surface area contributed by atoms with Crippen LogP contribution in [0.5, 0.6) is 5.75 Å². The van der Waals surface area contributed by atoms with E-state index in [-0.39, 0.29) is 5.91 Å². The van der Waals surface area contributed by atoms with Crippen LogP contribution in [0.25, 0.3) is 0 Å². The first-order valence-corrected chi connectivity index (χ1v) is 8.65. The van der Waals surface area contributed by atoms with Crippen molar-refractivity contribution in [3.8, 4) is 5.75 Å². The lowest BCUT2D eigenvalue weighted by atomic mass is 10.0. The molecule has 2 aromatic carbocycles. The number of nitrogens with one attached hydrogen (secondary N) is 1. The molecular weight excluding hydrogens is 298 g/mol. The second-order valence-electron chi connectivity index (χ2n) is 6.13. The molecule has 1 N–H and O–H groups in total. The van der Waals surface area contributed by atoms with E-state index in [0.29, 0.717) is 13.0 Å². The summed E-state index contributed by atoms with van der Waals surface area (Å²) >= 11 is 0. The third-order valence-corrected chi connectivity index (χ3v) is 4.06. The van der Waals surface area contributed by atoms with Crippen molar-refractivity contribution in [3.05, 3.63) is 58.7 Å². The highest BCUT2D eigenvalue weighted by Crippen LogP contribution is 2.23. The molecule has 0 aliphatic heterocycles. The number of carbonyl (C=O) groups is 1. The first-order chi connectivity index (χ1) is 11.5. The Kier molecular flexibility index (Phi) is 6.42. The molecule has 0 saturated carbocycles. The van der Waals surface area contributed by atoms with Crippen molar-refractivity contribution in [2.24, 2.45) is 0 Å². The molecule has 0 spiro atoms. The molecule has 0 aliphatic rings. The van der Waals surface area contributed by atoms with Gasteiger partial charge in [-0.25, -0.2) is 0 Å². The van der Waals surface area contributed by atoms with Crippen molar-refractivity contribution >= 4 is 11.6 Å². The first-order valence-electron chi connectivity index (χ1n) is 8.65. The molecule has 3 nitrogen and oxygen atoms in total. The van der Waals surface area contributed by atoms with Gasteiger partial charge in [-0.05, 0) is 61.1 Å². The van der Waals surface area contributed by atoms with Crippen LogP contribution in [0.1, 0.15) is 42.5 Å². The Morgan fingerprint density at radius 1 is 1.00 bits per heavy atom. The summed E-state index contributed by atoms with van der Waals surface area (Å²) in [6.07, 6.45) is 2.15. The van der Waals surface area contributed by atoms with Crippen molar-refractivity contribution in [2.75, 3.05) is 11.9 Å². The standard InChI is InChI=1S/C21H27NO2/c1-5-17-8-7-9-18(6-2)21(17)22-20(23)10-11-24-19-13-15(3)12-16(4)14-19/h7-9,12-14H,5-6,10-11H2,1-4H3,(H,22,23). The lowest BCUT2D eigenvalue weighted by Gasteiger charge is -2.14. The van der Waals surface area contributed by atoms with Crippen LogP contribution in [0.2, 0.25) is 0 Å². The molecule has 24 heavy (non-hydrogen) atoms. The van der Waals surface area contributed by atoms with Crippen LogP contribution in [0.4, 0.5) is 5.69 Å². The van der Waals surface area contributed by atoms with E-state index in [1.165, 1.54) is 22.3 Å². The van der Waals surface area contributed by atoms with Gasteiger partial charge in [0.25, 0.3) is 0 Å². The predicted octanol–water partition coefficient (Wildman–Crippen LogP) is 4.84. The highest BCUT2D eigenvalue weighted by Gasteiger charge is 2.10. The Hall–Kier alpha value is -2.29. The van der Waals surface area contributed by atoms with Gasteiger partial charge in [0.2, 0.25) is 5.91 Å². The van der Waals surface area contributed by atoms with Gasteiger partial charge < -0.3 is 10.1 Å². The minimum absolute atomic E-state index is 0.00465. The maximum absolute atomic E-state index is 12.3. The molecule has 0 heterocycles. The maximum atomic E-state index is 12.3. The van der Waals surface area contributed by atoms with Gasteiger partial charge in [-0.15, -0.1) is 0 Å². The third kappa shape index (κ3) is 4.85. The van der Waals surface area contributed by atoms with Crippen LogP contribution >= 0.6 is 0 Å². The van der Waals surface area contributed by atoms with Gasteiger partial charge in [-0.2, -0.15) is 0 Å². The summed E-state index contributed by atoms with van der Waals surface area (Å²) in [5.74, 6) is 0.818. The molecular formula is C21H27NO2. The van der Waals surface area contributed by atoms with Crippen molar-refractivity contribution in [3.63, 3.8) is 0 Å². The van der Waals surface area contributed by atoms with E-state index in [9.17, 15) is 4.79 Å². The van der Waals surface area contributed by atoms with Gasteiger partial charge >= 0.3 is 0 Å². The molecule has 2 aromatic rings. The highest BCUT2D eigenvalue weighted by molar-refractivity contribution is 5.92. The summed E-state index contributed by atoms with van der Waals surface area (Å²) in [5, 5.41) is 3.07. The summed E-state index contributed by atoms with van der Waals surface area (Å²) < 4.78 is 5.73. The average Bonchev–Trinajstić information content (AvgIpc) is 2.54. The largest absolute Gasteiger partial charge is 0.493 e. The van der Waals surface area contributed by atoms with Crippen LogP contribution < -0.4 is 10.1 Å². The smallest absolute Gasteiger partial charge is 0.227 e. The predicted molar refractivity (Wildman–Crippen MR) is 99.9 cm³/mol. The Labute approximate surface area is 145 Å². The number of benzene rings is 2. The molecule has 0 fully saturated rings. The Balaban J connectivity index is 1.94. The van der Waals surface area contributed by atoms with Crippen LogP contribution in [0.3, 0.4) is 0 Å². The van der Waals surface area contributed by atoms with E-state index < -0.39 is 0 Å². The van der Waals surface area contributed by atoms with Crippen LogP contribution in [-0.2, 0) is 17.6 Å². The molecule has 0 saturated heterocycles. The van der Waals surface area contributed by atoms with Gasteiger partial charge in [0.15, 0.2) is 0 Å². The van der Waals surface area contributed by atoms with Gasteiger partial charge in [0.05, 0.1) is 13.0 Å². The van der Waals surface area contributed by atoms with Crippen molar-refractivity contribution in [2.45, 2.75) is 47.0 Å². The van der Waals surface area contributed by atoms with E-state index in [1.807, 2.05) is 26.0 Å². The fourth-order valence-corrected chi connectivity index (χ4v) is 2.88. The number of para-hydroxylation sites is 1. The minimum Gasteiger partial charge on any atom is -0.493 e.